The summed E-state index contributed by atoms with van der Waals surface area (Å²) < 4.78 is 0. The normalized spacial score (nSPS) is 12.9. The molecule has 0 saturated carbocycles. The van der Waals surface area contributed by atoms with Gasteiger partial charge in [0.1, 0.15) is 5.01 Å². The molecule has 1 atom stereocenters. The molecule has 2 aromatic heterocycles. The first-order valence-electron chi connectivity index (χ1n) is 5.41. The minimum Gasteiger partial charge on any atom is -0.304 e. The molecule has 2 aromatic rings. The van der Waals surface area contributed by atoms with Crippen molar-refractivity contribution in [2.75, 3.05) is 6.54 Å². The van der Waals surface area contributed by atoms with Crippen molar-refractivity contribution >= 4 is 22.7 Å². The summed E-state index contributed by atoms with van der Waals surface area (Å²) in [5.74, 6) is 0. The van der Waals surface area contributed by atoms with Crippen LogP contribution in [0, 0.1) is 13.8 Å². The molecule has 1 N–H and O–H groups in total. The maximum atomic E-state index is 4.59. The third-order valence-corrected chi connectivity index (χ3v) is 4.57. The lowest BCUT2D eigenvalue weighted by Crippen LogP contribution is -2.21. The Bertz CT molecular complexity index is 459. The fourth-order valence-electron chi connectivity index (χ4n) is 1.68. The quantitative estimate of drug-likeness (QED) is 0.900. The van der Waals surface area contributed by atoms with E-state index in [9.17, 15) is 0 Å². The van der Waals surface area contributed by atoms with Crippen LogP contribution in [-0.2, 0) is 0 Å². The third-order valence-electron chi connectivity index (χ3n) is 2.46. The van der Waals surface area contributed by atoms with E-state index in [1.807, 2.05) is 6.92 Å². The third kappa shape index (κ3) is 2.34. The molecule has 1 unspecified atom stereocenters. The molecule has 0 aliphatic heterocycles. The number of nitrogens with one attached hydrogen (secondary N) is 1. The molecule has 0 amide bonds. The summed E-state index contributed by atoms with van der Waals surface area (Å²) in [6.45, 7) is 7.30. The average molecular weight is 252 g/mol. The predicted octanol–water partition coefficient (Wildman–Crippen LogP) is 3.52. The Morgan fingerprint density at radius 3 is 2.69 bits per heavy atom. The lowest BCUT2D eigenvalue weighted by molar-refractivity contribution is 0.632. The smallest absolute Gasteiger partial charge is 0.115 e. The second-order valence-corrected chi connectivity index (χ2v) is 5.62. The molecular weight excluding hydrogens is 236 g/mol. The molecule has 0 aliphatic carbocycles. The number of nitrogens with zero attached hydrogens (tertiary/aromatic N) is 1. The van der Waals surface area contributed by atoms with Crippen LogP contribution in [0.3, 0.4) is 0 Å². The van der Waals surface area contributed by atoms with Crippen molar-refractivity contribution in [3.63, 3.8) is 0 Å². The summed E-state index contributed by atoms with van der Waals surface area (Å²) in [6.07, 6.45) is 0. The SMILES string of the molecule is CCNC(c1nc(C)cs1)c1sccc1C. The van der Waals surface area contributed by atoms with E-state index in [1.54, 1.807) is 22.7 Å². The number of aryl methyl sites for hydroxylation is 2. The summed E-state index contributed by atoms with van der Waals surface area (Å²) in [6, 6.07) is 2.44. The van der Waals surface area contributed by atoms with E-state index < -0.39 is 0 Å². The van der Waals surface area contributed by atoms with Crippen molar-refractivity contribution < 1.29 is 0 Å². The van der Waals surface area contributed by atoms with Crippen LogP contribution in [0.2, 0.25) is 0 Å². The summed E-state index contributed by atoms with van der Waals surface area (Å²) in [7, 11) is 0. The summed E-state index contributed by atoms with van der Waals surface area (Å²) >= 11 is 3.54. The number of thiophene rings is 1. The van der Waals surface area contributed by atoms with Crippen molar-refractivity contribution in [2.45, 2.75) is 26.8 Å². The van der Waals surface area contributed by atoms with Gasteiger partial charge < -0.3 is 5.32 Å². The van der Waals surface area contributed by atoms with Crippen LogP contribution in [0.25, 0.3) is 0 Å². The zero-order valence-electron chi connectivity index (χ0n) is 9.78. The first kappa shape index (κ1) is 11.8. The molecule has 4 heteroatoms. The van der Waals surface area contributed by atoms with Crippen molar-refractivity contribution in [3.05, 3.63) is 38.0 Å². The molecule has 16 heavy (non-hydrogen) atoms. The fourth-order valence-corrected chi connectivity index (χ4v) is 3.64. The van der Waals surface area contributed by atoms with Crippen molar-refractivity contribution in [3.8, 4) is 0 Å². The largest absolute Gasteiger partial charge is 0.304 e. The molecule has 0 saturated heterocycles. The number of aromatic nitrogens is 1. The van der Waals surface area contributed by atoms with Gasteiger partial charge in [0.2, 0.25) is 0 Å². The van der Waals surface area contributed by atoms with E-state index in [-0.39, 0.29) is 6.04 Å². The summed E-state index contributed by atoms with van der Waals surface area (Å²) in [5, 5.41) is 8.95. The van der Waals surface area contributed by atoms with E-state index >= 15 is 0 Å². The highest BCUT2D eigenvalue weighted by atomic mass is 32.1. The molecule has 0 bridgehead atoms. The van der Waals surface area contributed by atoms with Crippen molar-refractivity contribution in [1.82, 2.24) is 10.3 Å². The monoisotopic (exact) mass is 252 g/mol. The highest BCUT2D eigenvalue weighted by Gasteiger charge is 2.19. The molecule has 0 radical (unpaired) electrons. The minimum atomic E-state index is 0.267. The van der Waals surface area contributed by atoms with E-state index in [0.717, 1.165) is 12.2 Å². The maximum absolute atomic E-state index is 4.59. The Labute approximate surface area is 104 Å². The molecule has 2 nitrogen and oxygen atoms in total. The van der Waals surface area contributed by atoms with Gasteiger partial charge in [0.05, 0.1) is 6.04 Å². The lowest BCUT2D eigenvalue weighted by Gasteiger charge is -2.14. The molecule has 2 heterocycles. The van der Waals surface area contributed by atoms with E-state index in [4.69, 9.17) is 0 Å². The van der Waals surface area contributed by atoms with Crippen LogP contribution in [0.4, 0.5) is 0 Å². The lowest BCUT2D eigenvalue weighted by atomic mass is 10.2. The maximum Gasteiger partial charge on any atom is 0.115 e. The summed E-state index contributed by atoms with van der Waals surface area (Å²) in [5.41, 5.74) is 2.46. The number of rotatable bonds is 4. The van der Waals surface area contributed by atoms with Gasteiger partial charge in [-0.25, -0.2) is 4.98 Å². The van der Waals surface area contributed by atoms with Gasteiger partial charge in [-0.3, -0.25) is 0 Å². The number of hydrogen-bond acceptors (Lipinski definition) is 4. The second-order valence-electron chi connectivity index (χ2n) is 3.79. The van der Waals surface area contributed by atoms with Crippen molar-refractivity contribution in [1.29, 1.82) is 0 Å². The van der Waals surface area contributed by atoms with Crippen LogP contribution in [0.15, 0.2) is 16.8 Å². The Morgan fingerprint density at radius 1 is 1.38 bits per heavy atom. The van der Waals surface area contributed by atoms with Gasteiger partial charge in [-0.15, -0.1) is 22.7 Å². The van der Waals surface area contributed by atoms with Crippen LogP contribution in [-0.4, -0.2) is 11.5 Å². The second kappa shape index (κ2) is 5.08. The Morgan fingerprint density at radius 2 is 2.19 bits per heavy atom. The first-order valence-corrected chi connectivity index (χ1v) is 7.17. The minimum absolute atomic E-state index is 0.267. The topological polar surface area (TPSA) is 24.9 Å². The molecule has 0 spiro atoms. The molecule has 0 aromatic carbocycles. The zero-order chi connectivity index (χ0) is 11.5. The number of thiazole rings is 1. The molecule has 2 rings (SSSR count). The van der Waals surface area contributed by atoms with Gasteiger partial charge in [0.25, 0.3) is 0 Å². The highest BCUT2D eigenvalue weighted by Crippen LogP contribution is 2.30. The van der Waals surface area contributed by atoms with Crippen LogP contribution in [0.1, 0.15) is 34.1 Å². The predicted molar refractivity (Wildman–Crippen MR) is 71.4 cm³/mol. The van der Waals surface area contributed by atoms with Crippen LogP contribution in [0.5, 0.6) is 0 Å². The Kier molecular flexibility index (Phi) is 3.74. The molecule has 0 fully saturated rings. The number of hydrogen-bond donors (Lipinski definition) is 1. The van der Waals surface area contributed by atoms with Gasteiger partial charge in [-0.05, 0) is 37.4 Å². The van der Waals surface area contributed by atoms with Gasteiger partial charge in [-0.1, -0.05) is 6.92 Å². The van der Waals surface area contributed by atoms with E-state index in [2.05, 4.69) is 41.0 Å². The van der Waals surface area contributed by atoms with Crippen LogP contribution < -0.4 is 5.32 Å². The van der Waals surface area contributed by atoms with Gasteiger partial charge >= 0.3 is 0 Å². The highest BCUT2D eigenvalue weighted by molar-refractivity contribution is 7.11. The van der Waals surface area contributed by atoms with Gasteiger partial charge in [0, 0.05) is 16.0 Å². The molecular formula is C12H16N2S2. The van der Waals surface area contributed by atoms with E-state index in [1.165, 1.54) is 15.4 Å². The van der Waals surface area contributed by atoms with Gasteiger partial charge in [-0.2, -0.15) is 0 Å². The van der Waals surface area contributed by atoms with Gasteiger partial charge in [0.15, 0.2) is 0 Å². The standard InChI is InChI=1S/C12H16N2S2/c1-4-13-10(11-8(2)5-6-15-11)12-14-9(3)7-16-12/h5-7,10,13H,4H2,1-3H3. The molecule has 0 aliphatic rings. The van der Waals surface area contributed by atoms with Crippen molar-refractivity contribution in [2.24, 2.45) is 0 Å². The summed E-state index contributed by atoms with van der Waals surface area (Å²) in [4.78, 5) is 5.97. The average Bonchev–Trinajstić information content (AvgIpc) is 2.84. The first-order chi connectivity index (χ1) is 7.72. The Hall–Kier alpha value is -0.710. The zero-order valence-corrected chi connectivity index (χ0v) is 11.4. The van der Waals surface area contributed by atoms with Crippen LogP contribution >= 0.6 is 22.7 Å². The Balaban J connectivity index is 2.34. The fraction of sp³-hybridized carbons (Fsp3) is 0.417. The molecule has 86 valence electrons. The van der Waals surface area contributed by atoms with E-state index in [0.29, 0.717) is 0 Å².